The van der Waals surface area contributed by atoms with E-state index in [1.54, 1.807) is 12.3 Å². The third-order valence-corrected chi connectivity index (χ3v) is 2.87. The first-order chi connectivity index (χ1) is 8.69. The predicted molar refractivity (Wildman–Crippen MR) is 71.0 cm³/mol. The second kappa shape index (κ2) is 5.54. The molecule has 18 heavy (non-hydrogen) atoms. The number of aryl methyl sites for hydroxylation is 1. The molecule has 2 aromatic heterocycles. The maximum absolute atomic E-state index is 11.9. The van der Waals surface area contributed by atoms with Crippen molar-refractivity contribution >= 4 is 28.1 Å². The van der Waals surface area contributed by atoms with E-state index in [2.05, 4.69) is 25.8 Å². The molecule has 94 valence electrons. The fourth-order valence-electron chi connectivity index (χ4n) is 1.38. The molecule has 0 radical (unpaired) electrons. The maximum Gasteiger partial charge on any atom is 0.276 e. The number of anilines is 2. The first kappa shape index (κ1) is 12.4. The highest BCUT2D eigenvalue weighted by molar-refractivity contribution is 7.15. The van der Waals surface area contributed by atoms with Gasteiger partial charge in [0.2, 0.25) is 5.13 Å². The highest BCUT2D eigenvalue weighted by Crippen LogP contribution is 2.15. The lowest BCUT2D eigenvalue weighted by atomic mass is 10.3. The summed E-state index contributed by atoms with van der Waals surface area (Å²) < 4.78 is 0. The molecule has 2 heterocycles. The van der Waals surface area contributed by atoms with Gasteiger partial charge in [-0.15, -0.1) is 10.2 Å². The summed E-state index contributed by atoms with van der Waals surface area (Å²) in [5.41, 5.74) is 1.22. The molecule has 2 rings (SSSR count). The third-order valence-electron chi connectivity index (χ3n) is 2.12. The average Bonchev–Trinajstić information content (AvgIpc) is 2.75. The Bertz CT molecular complexity index is 554. The van der Waals surface area contributed by atoms with Crippen molar-refractivity contribution in [2.45, 2.75) is 13.8 Å². The van der Waals surface area contributed by atoms with Gasteiger partial charge in [0.1, 0.15) is 10.7 Å². The molecule has 2 N–H and O–H groups in total. The Labute approximate surface area is 108 Å². The molecular formula is C11H13N5OS. The van der Waals surface area contributed by atoms with Crippen LogP contribution in [0.4, 0.5) is 10.8 Å². The van der Waals surface area contributed by atoms with Gasteiger partial charge in [-0.2, -0.15) is 0 Å². The molecule has 0 fully saturated rings. The van der Waals surface area contributed by atoms with Crippen molar-refractivity contribution in [1.82, 2.24) is 15.2 Å². The van der Waals surface area contributed by atoms with Gasteiger partial charge in [0, 0.05) is 18.4 Å². The van der Waals surface area contributed by atoms with Gasteiger partial charge in [0.25, 0.3) is 5.91 Å². The Balaban J connectivity index is 2.11. The van der Waals surface area contributed by atoms with Crippen LogP contribution in [0.3, 0.4) is 0 Å². The van der Waals surface area contributed by atoms with Crippen molar-refractivity contribution in [1.29, 1.82) is 0 Å². The van der Waals surface area contributed by atoms with Crippen LogP contribution in [0.15, 0.2) is 18.3 Å². The number of hydrogen-bond acceptors (Lipinski definition) is 6. The quantitative estimate of drug-likeness (QED) is 0.881. The van der Waals surface area contributed by atoms with Gasteiger partial charge in [-0.1, -0.05) is 11.3 Å². The van der Waals surface area contributed by atoms with E-state index in [0.717, 1.165) is 17.2 Å². The molecule has 0 aliphatic carbocycles. The van der Waals surface area contributed by atoms with Crippen molar-refractivity contribution in [3.05, 3.63) is 29.0 Å². The molecule has 0 spiro atoms. The lowest BCUT2D eigenvalue weighted by molar-refractivity contribution is 0.102. The first-order valence-electron chi connectivity index (χ1n) is 5.50. The van der Waals surface area contributed by atoms with Crippen LogP contribution in [0.1, 0.15) is 22.4 Å². The minimum Gasteiger partial charge on any atom is -0.385 e. The fourth-order valence-corrected chi connectivity index (χ4v) is 1.96. The molecule has 6 nitrogen and oxygen atoms in total. The van der Waals surface area contributed by atoms with E-state index in [0.29, 0.717) is 10.8 Å². The highest BCUT2D eigenvalue weighted by atomic mass is 32.1. The monoisotopic (exact) mass is 263 g/mol. The van der Waals surface area contributed by atoms with E-state index >= 15 is 0 Å². The van der Waals surface area contributed by atoms with Crippen molar-refractivity contribution in [3.8, 4) is 0 Å². The summed E-state index contributed by atoms with van der Waals surface area (Å²) in [6, 6.07) is 3.52. The fraction of sp³-hybridized carbons (Fsp3) is 0.273. The van der Waals surface area contributed by atoms with E-state index in [-0.39, 0.29) is 5.91 Å². The maximum atomic E-state index is 11.9. The summed E-state index contributed by atoms with van der Waals surface area (Å²) >= 11 is 1.33. The first-order valence-corrected chi connectivity index (χ1v) is 6.32. The van der Waals surface area contributed by atoms with Crippen LogP contribution in [0, 0.1) is 6.92 Å². The number of nitrogens with zero attached hydrogens (tertiary/aromatic N) is 3. The standard InChI is InChI=1S/C11H13N5OS/c1-3-12-8-4-5-13-9(6-8)10(17)14-11-16-15-7(2)18-11/h4-6H,3H2,1-2H3,(H,12,13)(H,14,16,17). The Morgan fingerprint density at radius 2 is 2.28 bits per heavy atom. The van der Waals surface area contributed by atoms with Crippen molar-refractivity contribution < 1.29 is 4.79 Å². The third kappa shape index (κ3) is 3.01. The zero-order valence-electron chi connectivity index (χ0n) is 10.1. The van der Waals surface area contributed by atoms with E-state index in [1.165, 1.54) is 11.3 Å². The Hall–Kier alpha value is -2.02. The van der Waals surface area contributed by atoms with E-state index in [1.807, 2.05) is 19.9 Å². The number of pyridine rings is 1. The lowest BCUT2D eigenvalue weighted by Gasteiger charge is -2.04. The molecule has 0 unspecified atom stereocenters. The molecule has 0 saturated heterocycles. The summed E-state index contributed by atoms with van der Waals surface area (Å²) in [5, 5.41) is 14.7. The van der Waals surface area contributed by atoms with Gasteiger partial charge in [-0.05, 0) is 26.0 Å². The number of carbonyl (C=O) groups is 1. The second-order valence-electron chi connectivity index (χ2n) is 3.54. The van der Waals surface area contributed by atoms with Gasteiger partial charge in [0.15, 0.2) is 0 Å². The summed E-state index contributed by atoms with van der Waals surface area (Å²) in [7, 11) is 0. The number of aromatic nitrogens is 3. The van der Waals surface area contributed by atoms with Gasteiger partial charge >= 0.3 is 0 Å². The molecule has 0 atom stereocenters. The Morgan fingerprint density at radius 1 is 1.44 bits per heavy atom. The normalized spacial score (nSPS) is 10.1. The van der Waals surface area contributed by atoms with Crippen LogP contribution in [-0.2, 0) is 0 Å². The van der Waals surface area contributed by atoms with Crippen LogP contribution in [-0.4, -0.2) is 27.6 Å². The van der Waals surface area contributed by atoms with E-state index in [4.69, 9.17) is 0 Å². The number of amides is 1. The van der Waals surface area contributed by atoms with Gasteiger partial charge in [-0.3, -0.25) is 15.1 Å². The van der Waals surface area contributed by atoms with E-state index < -0.39 is 0 Å². The Morgan fingerprint density at radius 3 is 2.94 bits per heavy atom. The SMILES string of the molecule is CCNc1ccnc(C(=O)Nc2nnc(C)s2)c1. The predicted octanol–water partition coefficient (Wildman–Crippen LogP) is 1.93. The second-order valence-corrected chi connectivity index (χ2v) is 4.72. The van der Waals surface area contributed by atoms with Gasteiger partial charge < -0.3 is 5.32 Å². The molecule has 0 bridgehead atoms. The molecule has 7 heteroatoms. The van der Waals surface area contributed by atoms with Crippen molar-refractivity contribution in [2.75, 3.05) is 17.2 Å². The zero-order valence-corrected chi connectivity index (χ0v) is 10.9. The van der Waals surface area contributed by atoms with Gasteiger partial charge in [-0.25, -0.2) is 0 Å². The Kier molecular flexibility index (Phi) is 3.83. The van der Waals surface area contributed by atoms with Crippen LogP contribution in [0.2, 0.25) is 0 Å². The van der Waals surface area contributed by atoms with Gasteiger partial charge in [0.05, 0.1) is 0 Å². The summed E-state index contributed by atoms with van der Waals surface area (Å²) in [5.74, 6) is -0.286. The molecule has 0 aliphatic heterocycles. The average molecular weight is 263 g/mol. The minimum absolute atomic E-state index is 0.286. The van der Waals surface area contributed by atoms with Crippen LogP contribution < -0.4 is 10.6 Å². The topological polar surface area (TPSA) is 79.8 Å². The number of nitrogens with one attached hydrogen (secondary N) is 2. The number of hydrogen-bond donors (Lipinski definition) is 2. The smallest absolute Gasteiger partial charge is 0.276 e. The highest BCUT2D eigenvalue weighted by Gasteiger charge is 2.10. The lowest BCUT2D eigenvalue weighted by Crippen LogP contribution is -2.14. The molecular weight excluding hydrogens is 250 g/mol. The van der Waals surface area contributed by atoms with Crippen LogP contribution >= 0.6 is 11.3 Å². The van der Waals surface area contributed by atoms with Crippen LogP contribution in [0.5, 0.6) is 0 Å². The molecule has 2 aromatic rings. The molecule has 0 saturated carbocycles. The summed E-state index contributed by atoms with van der Waals surface area (Å²) in [4.78, 5) is 15.9. The van der Waals surface area contributed by atoms with Crippen LogP contribution in [0.25, 0.3) is 0 Å². The molecule has 0 aromatic carbocycles. The minimum atomic E-state index is -0.286. The largest absolute Gasteiger partial charge is 0.385 e. The van der Waals surface area contributed by atoms with E-state index in [9.17, 15) is 4.79 Å². The summed E-state index contributed by atoms with van der Waals surface area (Å²) in [6.07, 6.45) is 1.60. The molecule has 0 aliphatic rings. The number of carbonyl (C=O) groups excluding carboxylic acids is 1. The number of rotatable bonds is 4. The van der Waals surface area contributed by atoms with Crippen molar-refractivity contribution in [2.24, 2.45) is 0 Å². The van der Waals surface area contributed by atoms with Crippen molar-refractivity contribution in [3.63, 3.8) is 0 Å². The summed E-state index contributed by atoms with van der Waals surface area (Å²) in [6.45, 7) is 4.61. The molecule has 1 amide bonds. The zero-order chi connectivity index (χ0) is 13.0.